The standard InChI is InChI=1S/C15H14BrN3O2/c16-13-6-12(7-18-8-13)15(21)19(10-14(17)20)9-11-4-2-1-3-5-11/h1-8H,9-10H2,(H2,17,20). The molecule has 21 heavy (non-hydrogen) atoms. The smallest absolute Gasteiger partial charge is 0.256 e. The number of primary amides is 1. The van der Waals surface area contributed by atoms with Gasteiger partial charge in [-0.3, -0.25) is 14.6 Å². The minimum atomic E-state index is -0.553. The number of hydrogen-bond donors (Lipinski definition) is 1. The molecule has 1 aromatic carbocycles. The summed E-state index contributed by atoms with van der Waals surface area (Å²) in [6.07, 6.45) is 3.05. The Balaban J connectivity index is 2.23. The third kappa shape index (κ3) is 4.39. The molecule has 0 atom stereocenters. The third-order valence-corrected chi connectivity index (χ3v) is 3.24. The van der Waals surface area contributed by atoms with E-state index in [-0.39, 0.29) is 12.5 Å². The van der Waals surface area contributed by atoms with Crippen molar-refractivity contribution < 1.29 is 9.59 Å². The minimum Gasteiger partial charge on any atom is -0.368 e. The lowest BCUT2D eigenvalue weighted by Gasteiger charge is -2.21. The van der Waals surface area contributed by atoms with Gasteiger partial charge in [-0.25, -0.2) is 0 Å². The molecule has 0 aliphatic rings. The van der Waals surface area contributed by atoms with Crippen molar-refractivity contribution in [2.75, 3.05) is 6.54 Å². The van der Waals surface area contributed by atoms with Gasteiger partial charge in [0.15, 0.2) is 0 Å². The van der Waals surface area contributed by atoms with Crippen LogP contribution in [0.3, 0.4) is 0 Å². The van der Waals surface area contributed by atoms with Gasteiger partial charge in [0.25, 0.3) is 5.91 Å². The maximum absolute atomic E-state index is 12.5. The third-order valence-electron chi connectivity index (χ3n) is 2.80. The van der Waals surface area contributed by atoms with Gasteiger partial charge in [0.1, 0.15) is 0 Å². The van der Waals surface area contributed by atoms with Crippen LogP contribution in [0.4, 0.5) is 0 Å². The first-order valence-electron chi connectivity index (χ1n) is 6.28. The number of halogens is 1. The summed E-state index contributed by atoms with van der Waals surface area (Å²) in [5.74, 6) is -0.839. The van der Waals surface area contributed by atoms with Crippen LogP contribution >= 0.6 is 15.9 Å². The fourth-order valence-corrected chi connectivity index (χ4v) is 2.27. The topological polar surface area (TPSA) is 76.3 Å². The average molecular weight is 348 g/mol. The van der Waals surface area contributed by atoms with Crippen molar-refractivity contribution in [3.63, 3.8) is 0 Å². The zero-order valence-corrected chi connectivity index (χ0v) is 12.8. The Kier molecular flexibility index (Phi) is 5.05. The highest BCUT2D eigenvalue weighted by Crippen LogP contribution is 2.13. The molecule has 1 heterocycles. The number of nitrogens with two attached hydrogens (primary N) is 1. The summed E-state index contributed by atoms with van der Waals surface area (Å²) < 4.78 is 0.701. The highest BCUT2D eigenvalue weighted by atomic mass is 79.9. The number of hydrogen-bond acceptors (Lipinski definition) is 3. The first kappa shape index (κ1) is 15.2. The molecular formula is C15H14BrN3O2. The van der Waals surface area contributed by atoms with E-state index in [0.717, 1.165) is 5.56 Å². The zero-order chi connectivity index (χ0) is 15.2. The molecular weight excluding hydrogens is 334 g/mol. The van der Waals surface area contributed by atoms with Crippen LogP contribution in [-0.4, -0.2) is 28.2 Å². The normalized spacial score (nSPS) is 10.1. The average Bonchev–Trinajstić information content (AvgIpc) is 2.46. The Morgan fingerprint density at radius 3 is 2.52 bits per heavy atom. The van der Waals surface area contributed by atoms with Crippen LogP contribution in [0.15, 0.2) is 53.3 Å². The summed E-state index contributed by atoms with van der Waals surface area (Å²) in [7, 11) is 0. The molecule has 0 radical (unpaired) electrons. The van der Waals surface area contributed by atoms with Gasteiger partial charge in [-0.05, 0) is 27.6 Å². The molecule has 0 saturated carbocycles. The number of benzene rings is 1. The molecule has 0 spiro atoms. The van der Waals surface area contributed by atoms with Crippen LogP contribution in [0.5, 0.6) is 0 Å². The molecule has 2 amide bonds. The largest absolute Gasteiger partial charge is 0.368 e. The number of amides is 2. The molecule has 6 heteroatoms. The number of aromatic nitrogens is 1. The van der Waals surface area contributed by atoms with Crippen LogP contribution in [0.2, 0.25) is 0 Å². The fourth-order valence-electron chi connectivity index (χ4n) is 1.90. The second-order valence-electron chi connectivity index (χ2n) is 4.50. The number of rotatable bonds is 5. The van der Waals surface area contributed by atoms with Gasteiger partial charge < -0.3 is 10.6 Å². The van der Waals surface area contributed by atoms with Crippen molar-refractivity contribution >= 4 is 27.7 Å². The highest BCUT2D eigenvalue weighted by molar-refractivity contribution is 9.10. The zero-order valence-electron chi connectivity index (χ0n) is 11.2. The summed E-state index contributed by atoms with van der Waals surface area (Å²) in [5, 5.41) is 0. The van der Waals surface area contributed by atoms with Crippen LogP contribution < -0.4 is 5.73 Å². The van der Waals surface area contributed by atoms with E-state index in [1.807, 2.05) is 30.3 Å². The van der Waals surface area contributed by atoms with Gasteiger partial charge in [0, 0.05) is 23.4 Å². The Hall–Kier alpha value is -2.21. The molecule has 0 unspecified atom stereocenters. The molecule has 0 aliphatic heterocycles. The van der Waals surface area contributed by atoms with Crippen LogP contribution in [0.1, 0.15) is 15.9 Å². The van der Waals surface area contributed by atoms with Crippen LogP contribution in [-0.2, 0) is 11.3 Å². The summed E-state index contributed by atoms with van der Waals surface area (Å²) in [6.45, 7) is 0.176. The quantitative estimate of drug-likeness (QED) is 0.898. The van der Waals surface area contributed by atoms with Gasteiger partial charge in [-0.1, -0.05) is 30.3 Å². The number of pyridine rings is 1. The summed E-state index contributed by atoms with van der Waals surface area (Å²) in [4.78, 5) is 29.1. The second kappa shape index (κ2) is 6.99. The van der Waals surface area contributed by atoms with Gasteiger partial charge in [-0.2, -0.15) is 0 Å². The molecule has 2 rings (SSSR count). The number of carbonyl (C=O) groups is 2. The Morgan fingerprint density at radius 1 is 1.19 bits per heavy atom. The van der Waals surface area contributed by atoms with Gasteiger partial charge in [0.2, 0.25) is 5.91 Å². The van der Waals surface area contributed by atoms with Crippen LogP contribution in [0.25, 0.3) is 0 Å². The van der Waals surface area contributed by atoms with E-state index in [0.29, 0.717) is 16.6 Å². The summed E-state index contributed by atoms with van der Waals surface area (Å²) in [6, 6.07) is 11.1. The van der Waals surface area contributed by atoms with Gasteiger partial charge in [0.05, 0.1) is 12.1 Å². The monoisotopic (exact) mass is 347 g/mol. The van der Waals surface area contributed by atoms with E-state index in [4.69, 9.17) is 5.73 Å². The first-order chi connectivity index (χ1) is 10.1. The molecule has 0 saturated heterocycles. The minimum absolute atomic E-state index is 0.139. The summed E-state index contributed by atoms with van der Waals surface area (Å²) >= 11 is 3.27. The van der Waals surface area contributed by atoms with Crippen molar-refractivity contribution in [3.05, 3.63) is 64.4 Å². The van der Waals surface area contributed by atoms with Crippen LogP contribution in [0, 0.1) is 0 Å². The van der Waals surface area contributed by atoms with E-state index >= 15 is 0 Å². The Morgan fingerprint density at radius 2 is 1.90 bits per heavy atom. The molecule has 0 aliphatic carbocycles. The van der Waals surface area contributed by atoms with E-state index in [9.17, 15) is 9.59 Å². The predicted molar refractivity (Wildman–Crippen MR) is 82.3 cm³/mol. The van der Waals surface area contributed by atoms with Gasteiger partial charge in [-0.15, -0.1) is 0 Å². The lowest BCUT2D eigenvalue weighted by Crippen LogP contribution is -2.38. The van der Waals surface area contributed by atoms with Gasteiger partial charge >= 0.3 is 0 Å². The van der Waals surface area contributed by atoms with E-state index in [1.165, 1.54) is 11.1 Å². The van der Waals surface area contributed by atoms with Crippen molar-refractivity contribution in [1.29, 1.82) is 0 Å². The second-order valence-corrected chi connectivity index (χ2v) is 5.42. The van der Waals surface area contributed by atoms with E-state index in [2.05, 4.69) is 20.9 Å². The molecule has 0 fully saturated rings. The fraction of sp³-hybridized carbons (Fsp3) is 0.133. The number of carbonyl (C=O) groups excluding carboxylic acids is 2. The van der Waals surface area contributed by atoms with Crippen molar-refractivity contribution in [3.8, 4) is 0 Å². The molecule has 1 aromatic heterocycles. The lowest BCUT2D eigenvalue weighted by molar-refractivity contribution is -0.118. The van der Waals surface area contributed by atoms with Crippen molar-refractivity contribution in [2.24, 2.45) is 5.73 Å². The maximum atomic E-state index is 12.5. The Bertz CT molecular complexity index is 646. The molecule has 108 valence electrons. The van der Waals surface area contributed by atoms with E-state index < -0.39 is 5.91 Å². The SMILES string of the molecule is NC(=O)CN(Cc1ccccc1)C(=O)c1cncc(Br)c1. The molecule has 2 aromatic rings. The van der Waals surface area contributed by atoms with E-state index in [1.54, 1.807) is 12.3 Å². The van der Waals surface area contributed by atoms with Crippen molar-refractivity contribution in [2.45, 2.75) is 6.54 Å². The lowest BCUT2D eigenvalue weighted by atomic mass is 10.2. The Labute approximate surface area is 130 Å². The number of nitrogens with zero attached hydrogens (tertiary/aromatic N) is 2. The molecule has 2 N–H and O–H groups in total. The molecule has 0 bridgehead atoms. The maximum Gasteiger partial charge on any atom is 0.256 e. The molecule has 5 nitrogen and oxygen atoms in total. The first-order valence-corrected chi connectivity index (χ1v) is 7.07. The van der Waals surface area contributed by atoms with Crippen molar-refractivity contribution in [1.82, 2.24) is 9.88 Å². The summed E-state index contributed by atoms with van der Waals surface area (Å²) in [5.41, 5.74) is 6.57. The highest BCUT2D eigenvalue weighted by Gasteiger charge is 2.18. The predicted octanol–water partition coefficient (Wildman–Crippen LogP) is 1.97.